The van der Waals surface area contributed by atoms with Crippen LogP contribution in [-0.2, 0) is 12.5 Å². The lowest BCUT2D eigenvalue weighted by Crippen LogP contribution is -2.49. The molecule has 0 saturated heterocycles. The minimum absolute atomic E-state index is 0.186. The van der Waals surface area contributed by atoms with Gasteiger partial charge in [0.15, 0.2) is 0 Å². The van der Waals surface area contributed by atoms with Crippen molar-refractivity contribution in [1.29, 1.82) is 0 Å². The fourth-order valence-corrected chi connectivity index (χ4v) is 5.53. The van der Waals surface area contributed by atoms with E-state index < -0.39 is 5.97 Å². The first kappa shape index (κ1) is 11.5. The van der Waals surface area contributed by atoms with Crippen molar-refractivity contribution in [3.63, 3.8) is 0 Å². The second-order valence-electron chi connectivity index (χ2n) is 7.03. The number of carboxylic acid groups (broad SMARTS) is 1. The van der Waals surface area contributed by atoms with Gasteiger partial charge in [0.25, 0.3) is 0 Å². The van der Waals surface area contributed by atoms with Crippen molar-refractivity contribution in [3.05, 3.63) is 17.7 Å². The fraction of sp³-hybridized carbons (Fsp3) is 0.733. The number of aromatic nitrogens is 2. The van der Waals surface area contributed by atoms with E-state index in [0.717, 1.165) is 17.8 Å². The Labute approximate surface area is 112 Å². The summed E-state index contributed by atoms with van der Waals surface area (Å²) in [5, 5.41) is 9.18. The number of aromatic carboxylic acids is 1. The summed E-state index contributed by atoms with van der Waals surface area (Å²) >= 11 is 0. The van der Waals surface area contributed by atoms with Crippen molar-refractivity contribution < 1.29 is 9.90 Å². The topological polar surface area (TPSA) is 55.1 Å². The molecule has 4 bridgehead atoms. The second-order valence-corrected chi connectivity index (χ2v) is 7.03. The van der Waals surface area contributed by atoms with Gasteiger partial charge in [0.1, 0.15) is 0 Å². The highest BCUT2D eigenvalue weighted by molar-refractivity contribution is 5.83. The summed E-state index contributed by atoms with van der Waals surface area (Å²) in [4.78, 5) is 15.3. The smallest absolute Gasteiger partial charge is 0.372 e. The van der Waals surface area contributed by atoms with Gasteiger partial charge in [0.05, 0.1) is 0 Å². The van der Waals surface area contributed by atoms with Crippen molar-refractivity contribution in [1.82, 2.24) is 9.55 Å². The van der Waals surface area contributed by atoms with Crippen molar-refractivity contribution in [3.8, 4) is 0 Å². The Kier molecular flexibility index (Phi) is 2.19. The third-order valence-electron chi connectivity index (χ3n) is 5.76. The Bertz CT molecular complexity index is 511. The first-order valence-corrected chi connectivity index (χ1v) is 7.33. The third-order valence-corrected chi connectivity index (χ3v) is 5.76. The molecule has 0 spiro atoms. The maximum Gasteiger partial charge on any atom is 0.372 e. The van der Waals surface area contributed by atoms with Gasteiger partial charge in [-0.1, -0.05) is 0 Å². The molecule has 19 heavy (non-hydrogen) atoms. The molecule has 0 amide bonds. The molecule has 1 aromatic heterocycles. The Morgan fingerprint density at radius 2 is 1.79 bits per heavy atom. The van der Waals surface area contributed by atoms with Gasteiger partial charge < -0.3 is 9.67 Å². The number of carboxylic acids is 1. The summed E-state index contributed by atoms with van der Waals surface area (Å²) in [6.45, 7) is 0. The van der Waals surface area contributed by atoms with Crippen LogP contribution in [0, 0.1) is 17.8 Å². The summed E-state index contributed by atoms with van der Waals surface area (Å²) in [7, 11) is 1.87. The number of nitrogens with zero attached hydrogens (tertiary/aromatic N) is 2. The number of carbonyl (C=O) groups is 1. The van der Waals surface area contributed by atoms with Crippen LogP contribution in [0.25, 0.3) is 0 Å². The van der Waals surface area contributed by atoms with E-state index in [1.54, 1.807) is 0 Å². The van der Waals surface area contributed by atoms with Gasteiger partial charge >= 0.3 is 5.97 Å². The first-order valence-electron chi connectivity index (χ1n) is 7.33. The molecule has 4 saturated carbocycles. The summed E-state index contributed by atoms with van der Waals surface area (Å²) in [5.74, 6) is 1.88. The number of imidazole rings is 1. The molecule has 1 heterocycles. The molecule has 102 valence electrons. The number of hydrogen-bond donors (Lipinski definition) is 1. The van der Waals surface area contributed by atoms with Crippen LogP contribution in [0.5, 0.6) is 0 Å². The molecule has 5 rings (SSSR count). The van der Waals surface area contributed by atoms with E-state index in [0.29, 0.717) is 0 Å². The molecule has 4 fully saturated rings. The van der Waals surface area contributed by atoms with E-state index in [-0.39, 0.29) is 11.2 Å². The van der Waals surface area contributed by atoms with Gasteiger partial charge in [0.2, 0.25) is 5.82 Å². The largest absolute Gasteiger partial charge is 0.475 e. The number of rotatable bonds is 2. The molecular weight excluding hydrogens is 240 g/mol. The van der Waals surface area contributed by atoms with Crippen LogP contribution < -0.4 is 0 Å². The summed E-state index contributed by atoms with van der Waals surface area (Å²) < 4.78 is 1.83. The Morgan fingerprint density at radius 3 is 2.21 bits per heavy atom. The van der Waals surface area contributed by atoms with E-state index in [1.165, 1.54) is 44.2 Å². The van der Waals surface area contributed by atoms with Crippen molar-refractivity contribution in [2.75, 3.05) is 0 Å². The van der Waals surface area contributed by atoms with E-state index in [2.05, 4.69) is 4.98 Å². The summed E-state index contributed by atoms with van der Waals surface area (Å²) in [6.07, 6.45) is 9.79. The molecule has 4 aliphatic rings. The van der Waals surface area contributed by atoms with E-state index in [4.69, 9.17) is 0 Å². The van der Waals surface area contributed by atoms with Gasteiger partial charge in [-0.2, -0.15) is 0 Å². The first-order chi connectivity index (χ1) is 9.07. The maximum atomic E-state index is 11.2. The summed E-state index contributed by atoms with van der Waals surface area (Å²) in [6, 6.07) is 0. The zero-order valence-corrected chi connectivity index (χ0v) is 11.3. The van der Waals surface area contributed by atoms with Crippen LogP contribution in [0.4, 0.5) is 0 Å². The second kappa shape index (κ2) is 3.62. The highest BCUT2D eigenvalue weighted by Gasteiger charge is 2.52. The quantitative estimate of drug-likeness (QED) is 0.889. The molecule has 4 aliphatic carbocycles. The van der Waals surface area contributed by atoms with Crippen LogP contribution in [0.15, 0.2) is 6.20 Å². The molecule has 0 unspecified atom stereocenters. The van der Waals surface area contributed by atoms with Gasteiger partial charge in [-0.25, -0.2) is 9.78 Å². The van der Waals surface area contributed by atoms with Gasteiger partial charge in [-0.05, 0) is 56.3 Å². The highest BCUT2D eigenvalue weighted by atomic mass is 16.4. The normalized spacial score (nSPS) is 39.7. The Morgan fingerprint density at radius 1 is 1.26 bits per heavy atom. The minimum Gasteiger partial charge on any atom is -0.475 e. The van der Waals surface area contributed by atoms with Gasteiger partial charge in [0, 0.05) is 24.4 Å². The third kappa shape index (κ3) is 1.52. The SMILES string of the molecule is Cn1c(C23CC4CC(CC(C4)C2)C3)cnc1C(=O)O. The molecule has 1 N–H and O–H groups in total. The zero-order chi connectivity index (χ0) is 13.2. The molecule has 0 atom stereocenters. The lowest BCUT2D eigenvalue weighted by atomic mass is 9.49. The van der Waals surface area contributed by atoms with Gasteiger partial charge in [-0.15, -0.1) is 0 Å². The lowest BCUT2D eigenvalue weighted by Gasteiger charge is -2.56. The Hall–Kier alpha value is -1.32. The molecule has 4 nitrogen and oxygen atoms in total. The average Bonchev–Trinajstić information content (AvgIpc) is 2.69. The van der Waals surface area contributed by atoms with Crippen LogP contribution in [-0.4, -0.2) is 20.6 Å². The highest BCUT2D eigenvalue weighted by Crippen LogP contribution is 2.60. The zero-order valence-electron chi connectivity index (χ0n) is 11.3. The molecule has 0 aromatic carbocycles. The van der Waals surface area contributed by atoms with E-state index in [1.807, 2.05) is 17.8 Å². The molecular formula is C15H20N2O2. The lowest BCUT2D eigenvalue weighted by molar-refractivity contribution is -0.00854. The van der Waals surface area contributed by atoms with Crippen LogP contribution in [0.3, 0.4) is 0 Å². The van der Waals surface area contributed by atoms with Gasteiger partial charge in [-0.3, -0.25) is 0 Å². The van der Waals surface area contributed by atoms with Crippen LogP contribution in [0.1, 0.15) is 54.8 Å². The average molecular weight is 260 g/mol. The number of hydrogen-bond acceptors (Lipinski definition) is 2. The molecule has 1 aromatic rings. The standard InChI is InChI=1S/C15H20N2O2/c1-17-12(8-16-13(17)14(18)19)15-5-9-2-10(6-15)4-11(3-9)7-15/h8-11H,2-7H2,1H3,(H,18,19). The maximum absolute atomic E-state index is 11.2. The predicted molar refractivity (Wildman–Crippen MR) is 70.0 cm³/mol. The fourth-order valence-electron chi connectivity index (χ4n) is 5.53. The van der Waals surface area contributed by atoms with E-state index in [9.17, 15) is 9.90 Å². The molecule has 0 radical (unpaired) electrons. The monoisotopic (exact) mass is 260 g/mol. The summed E-state index contributed by atoms with van der Waals surface area (Å²) in [5.41, 5.74) is 1.40. The molecule has 0 aliphatic heterocycles. The molecule has 4 heteroatoms. The van der Waals surface area contributed by atoms with Crippen LogP contribution in [0.2, 0.25) is 0 Å². The predicted octanol–water partition coefficient (Wildman–Crippen LogP) is 2.59. The van der Waals surface area contributed by atoms with Crippen molar-refractivity contribution in [2.24, 2.45) is 24.8 Å². The van der Waals surface area contributed by atoms with Crippen molar-refractivity contribution in [2.45, 2.75) is 43.9 Å². The Balaban J connectivity index is 1.77. The minimum atomic E-state index is -0.918. The van der Waals surface area contributed by atoms with E-state index >= 15 is 0 Å². The van der Waals surface area contributed by atoms with Crippen molar-refractivity contribution >= 4 is 5.97 Å². The van der Waals surface area contributed by atoms with Crippen LogP contribution >= 0.6 is 0 Å².